The lowest BCUT2D eigenvalue weighted by atomic mass is 9.88. The smallest absolute Gasteiger partial charge is 0.322 e. The van der Waals surface area contributed by atoms with E-state index in [0.717, 1.165) is 99.2 Å². The largest absolute Gasteiger partial charge is 0.497 e. The molecule has 0 spiro atoms. The van der Waals surface area contributed by atoms with Crippen LogP contribution in [0.15, 0.2) is 267 Å². The fourth-order valence-corrected chi connectivity index (χ4v) is 19.8. The van der Waals surface area contributed by atoms with Crippen molar-refractivity contribution < 1.29 is 75.8 Å². The number of carbonyl (C=O) groups excluding carboxylic acids is 12. The Morgan fingerprint density at radius 3 is 0.979 bits per heavy atom. The maximum atomic E-state index is 13.7. The minimum Gasteiger partial charge on any atom is -0.497 e. The first-order valence-corrected chi connectivity index (χ1v) is 44.8. The topological polar surface area (TPSA) is 415 Å². The van der Waals surface area contributed by atoms with E-state index in [-0.39, 0.29) is 74.0 Å². The lowest BCUT2D eigenvalue weighted by Gasteiger charge is -2.31. The van der Waals surface area contributed by atoms with Crippen LogP contribution in [0.25, 0.3) is 88.1 Å². The van der Waals surface area contributed by atoms with Gasteiger partial charge in [0.2, 0.25) is 0 Å². The number of ether oxygens (including phenoxy) is 2. The van der Waals surface area contributed by atoms with Gasteiger partial charge < -0.3 is 50.3 Å². The zero-order chi connectivity index (χ0) is 97.8. The normalized spacial score (nSPS) is 19.1. The van der Waals surface area contributed by atoms with Crippen molar-refractivity contribution in [2.24, 2.45) is 21.1 Å². The number of imide groups is 4. The quantitative estimate of drug-likeness (QED) is 0.0360. The number of halogens is 2. The first-order valence-electron chi connectivity index (χ1n) is 44.8. The van der Waals surface area contributed by atoms with Crippen molar-refractivity contribution in [3.8, 4) is 56.0 Å². The van der Waals surface area contributed by atoms with Crippen molar-refractivity contribution in [1.82, 2.24) is 102 Å². The van der Waals surface area contributed by atoms with Gasteiger partial charge in [-0.1, -0.05) is 152 Å². The number of rotatable bonds is 18. The molecule has 0 bridgehead atoms. The summed E-state index contributed by atoms with van der Waals surface area (Å²) in [6.07, 6.45) is 7.47. The number of fused-ring (bicyclic) bond motifs is 8. The second-order valence-electron chi connectivity index (χ2n) is 35.7. The van der Waals surface area contributed by atoms with Crippen molar-refractivity contribution >= 4 is 115 Å². The standard InChI is InChI=1S/2C27H23N5O4.C26H20FN5O3.C25H18FN5O3/c1-31-13-19-11-17(6-10-23(19)30-31)16-3-7-20(8-4-16)27(25(34)28-26(35)29-27)15-32-14-18-5-9-21(36-2)12-22(18)24(32)33;1-31-23-10-6-17(11-19(23)13-28-31)16-3-7-20(8-4-16)27(25(34)29-26(35)30-27)15-32-14-18-5-9-21(36-2)12-22(18)24(32)33;1-31-12-18-10-16(5-9-22(18)30-31)15-2-6-19(7-3-15)26(24(34)28-25(35)29-26)14-32-13-17-4-8-20(27)11-21(17)23(32)33;26-19-8-5-17-12-31(22(32)20(17)10-19)13-25(23(33)28-24(34)29-25)18-6-3-14(4-7-18)15-1-2-16-11-27-30-21(16)9-15/h3-13H,14-15H2,1-2H3,(H2,28,29,34,35);3-13H,14-15H2,1-2H3,(H2,29,30,34,35);2-12H,13-14H2,1H3,(H2,28,29,34,35);1-11H,12-13H2,(H,27,30)(H2,28,29,33,34)/t2*27-;26-;/m000./s1. The molecule has 4 fully saturated rings. The molecular weight excluding hydrogens is 1800 g/mol. The molecule has 9 N–H and O–H groups in total. The maximum Gasteiger partial charge on any atom is 0.322 e. The number of aryl methyl sites for hydroxylation is 3. The minimum absolute atomic E-state index is 0.00138. The SMILES string of the molecule is COc1ccc2c(c1)C(=O)N(C[C@@]1(c3ccc(-c4ccc5c(cnn5C)c4)cc3)NC(=O)NC1=O)C2.COc1ccc2c(c1)C(=O)N(C[C@@]1(c3ccc(-c4ccc5nn(C)cc5c4)cc3)NC(=O)NC1=O)C2.Cn1cc2cc(-c3ccc([C@]4(CN5Cc6ccc(F)cc6C5=O)NC(=O)NC4=O)cc3)ccc2n1.O=C1NC(=O)C(CN2Cc3ccc(F)cc3C2=O)(c2ccc(-c3ccc4cn[nH]c4c3)cc2)N1. The number of nitrogens with one attached hydrogen (secondary N) is 9. The fourth-order valence-electron chi connectivity index (χ4n) is 19.8. The molecule has 12 heterocycles. The van der Waals surface area contributed by atoms with Gasteiger partial charge in [0.25, 0.3) is 47.3 Å². The van der Waals surface area contributed by atoms with E-state index in [1.165, 1.54) is 34.1 Å². The van der Waals surface area contributed by atoms with Gasteiger partial charge >= 0.3 is 24.1 Å². The number of nitrogens with zero attached hydrogens (tertiary/aromatic N) is 11. The summed E-state index contributed by atoms with van der Waals surface area (Å²) in [4.78, 5) is 159. The molecule has 8 aliphatic rings. The van der Waals surface area contributed by atoms with Crippen LogP contribution in [0.5, 0.6) is 11.5 Å². The van der Waals surface area contributed by atoms with E-state index in [1.54, 1.807) is 100 Å². The van der Waals surface area contributed by atoms with Gasteiger partial charge in [0, 0.05) is 104 Å². The van der Waals surface area contributed by atoms with E-state index in [1.807, 2.05) is 190 Å². The van der Waals surface area contributed by atoms with E-state index < -0.39 is 81.5 Å². The lowest BCUT2D eigenvalue weighted by Crippen LogP contribution is -2.52. The highest BCUT2D eigenvalue weighted by Crippen LogP contribution is 2.41. The Labute approximate surface area is 799 Å². The van der Waals surface area contributed by atoms with Gasteiger partial charge in [0.05, 0.1) is 74.9 Å². The highest BCUT2D eigenvalue weighted by Gasteiger charge is 2.55. The molecule has 702 valence electrons. The number of methoxy groups -OCH3 is 2. The van der Waals surface area contributed by atoms with Crippen LogP contribution in [0, 0.1) is 11.6 Å². The molecule has 8 aliphatic heterocycles. The van der Waals surface area contributed by atoms with Crippen molar-refractivity contribution in [2.75, 3.05) is 40.4 Å². The second kappa shape index (κ2) is 34.8. The molecule has 16 aromatic rings. The molecular formula is C105H84F2N20O14. The van der Waals surface area contributed by atoms with Crippen LogP contribution in [0.4, 0.5) is 28.0 Å². The van der Waals surface area contributed by atoms with Gasteiger partial charge in [-0.25, -0.2) is 28.0 Å². The molecule has 141 heavy (non-hydrogen) atoms. The summed E-state index contributed by atoms with van der Waals surface area (Å²) in [5.74, 6) is -3.06. The molecule has 4 aromatic heterocycles. The van der Waals surface area contributed by atoms with Crippen molar-refractivity contribution in [2.45, 2.75) is 48.3 Å². The van der Waals surface area contributed by atoms with Crippen LogP contribution in [0.3, 0.4) is 0 Å². The monoisotopic (exact) mass is 1890 g/mol. The van der Waals surface area contributed by atoms with Crippen LogP contribution >= 0.6 is 0 Å². The number of benzene rings is 12. The summed E-state index contributed by atoms with van der Waals surface area (Å²) < 4.78 is 43.2. The van der Waals surface area contributed by atoms with Gasteiger partial charge in [0.1, 0.15) is 23.1 Å². The van der Waals surface area contributed by atoms with E-state index in [0.29, 0.717) is 69.1 Å². The average Bonchev–Trinajstić information content (AvgIpc) is 1.62. The molecule has 34 nitrogen and oxygen atoms in total. The molecule has 0 radical (unpaired) electrons. The predicted molar refractivity (Wildman–Crippen MR) is 511 cm³/mol. The van der Waals surface area contributed by atoms with E-state index in [2.05, 4.69) is 80.2 Å². The van der Waals surface area contributed by atoms with Crippen LogP contribution < -0.4 is 52.0 Å². The molecule has 36 heteroatoms. The Bertz CT molecular complexity index is 7850. The summed E-state index contributed by atoms with van der Waals surface area (Å²) in [6, 6.07) is 69.9. The first kappa shape index (κ1) is 89.2. The van der Waals surface area contributed by atoms with Crippen LogP contribution in [0.1, 0.15) is 85.9 Å². The Kier molecular flexibility index (Phi) is 22.0. The van der Waals surface area contributed by atoms with Gasteiger partial charge in [-0.15, -0.1) is 0 Å². The Morgan fingerprint density at radius 1 is 0.326 bits per heavy atom. The summed E-state index contributed by atoms with van der Waals surface area (Å²) in [5.41, 5.74) is 12.7. The number of carbonyl (C=O) groups is 12. The fraction of sp³-hybridized carbons (Fsp3) is 0.162. The number of aromatic nitrogens is 8. The molecule has 16 amide bonds. The van der Waals surface area contributed by atoms with Gasteiger partial charge in [-0.3, -0.25) is 78.8 Å². The lowest BCUT2D eigenvalue weighted by molar-refractivity contribution is -0.125. The summed E-state index contributed by atoms with van der Waals surface area (Å²) in [6.45, 7) is 0.964. The zero-order valence-corrected chi connectivity index (χ0v) is 76.0. The van der Waals surface area contributed by atoms with E-state index in [9.17, 15) is 66.3 Å². The van der Waals surface area contributed by atoms with Crippen LogP contribution in [-0.2, 0) is 88.7 Å². The molecule has 4 atom stereocenters. The Balaban J connectivity index is 0.000000111. The Morgan fingerprint density at radius 2 is 0.638 bits per heavy atom. The average molecular weight is 1890 g/mol. The minimum atomic E-state index is -1.46. The molecule has 12 aromatic carbocycles. The van der Waals surface area contributed by atoms with Crippen molar-refractivity contribution in [3.63, 3.8) is 0 Å². The summed E-state index contributed by atoms with van der Waals surface area (Å²) >= 11 is 0. The predicted octanol–water partition coefficient (Wildman–Crippen LogP) is 12.0. The van der Waals surface area contributed by atoms with Crippen LogP contribution in [-0.4, -0.2) is 171 Å². The molecule has 4 saturated heterocycles. The number of hydrogen-bond acceptors (Lipinski definition) is 18. The van der Waals surface area contributed by atoms with Gasteiger partial charge in [-0.2, -0.15) is 20.4 Å². The van der Waals surface area contributed by atoms with Gasteiger partial charge in [0.15, 0.2) is 22.2 Å². The third-order valence-corrected chi connectivity index (χ3v) is 27.0. The highest BCUT2D eigenvalue weighted by molar-refractivity contribution is 6.12. The molecule has 0 aliphatic carbocycles. The first-order chi connectivity index (χ1) is 68.0. The Hall–Kier alpha value is -18.4. The second-order valence-corrected chi connectivity index (χ2v) is 35.7. The van der Waals surface area contributed by atoms with Crippen LogP contribution in [0.2, 0.25) is 0 Å². The molecule has 24 rings (SSSR count). The number of hydrogen-bond donors (Lipinski definition) is 9. The van der Waals surface area contributed by atoms with E-state index in [4.69, 9.17) is 9.47 Å². The van der Waals surface area contributed by atoms with Gasteiger partial charge in [-0.05, 0) is 180 Å². The molecule has 1 unspecified atom stereocenters. The number of urea groups is 4. The molecule has 0 saturated carbocycles. The number of aromatic amines is 1. The highest BCUT2D eigenvalue weighted by atomic mass is 19.1. The van der Waals surface area contributed by atoms with E-state index >= 15 is 0 Å². The third-order valence-electron chi connectivity index (χ3n) is 27.0. The summed E-state index contributed by atoms with van der Waals surface area (Å²) in [5, 5.41) is 44.5. The zero-order valence-electron chi connectivity index (χ0n) is 76.0. The number of H-pyrrole nitrogens is 1. The summed E-state index contributed by atoms with van der Waals surface area (Å²) in [7, 11) is 8.75. The van der Waals surface area contributed by atoms with Crippen molar-refractivity contribution in [1.29, 1.82) is 0 Å². The third kappa shape index (κ3) is 16.1. The maximum absolute atomic E-state index is 13.7. The van der Waals surface area contributed by atoms with Crippen molar-refractivity contribution in [3.05, 3.63) is 346 Å². The number of amides is 16.